The molecule has 23 heavy (non-hydrogen) atoms. The standard InChI is InChI=1S/C15H22ClN3O2S2/c1-3-17-15(21)12-6-10(18-14(20)9-22-2)7-19(12)8-11-4-5-13(16)23-11/h4-5,10,12H,3,6-9H2,1-2H3,(H,17,21)(H,18,20)/t10-,12-/m0/s1. The van der Waals surface area contributed by atoms with Crippen LogP contribution in [0.4, 0.5) is 0 Å². The number of halogens is 1. The highest BCUT2D eigenvalue weighted by molar-refractivity contribution is 7.99. The lowest BCUT2D eigenvalue weighted by molar-refractivity contribution is -0.125. The Morgan fingerprint density at radius 3 is 2.87 bits per heavy atom. The van der Waals surface area contributed by atoms with Gasteiger partial charge in [-0.2, -0.15) is 11.8 Å². The zero-order valence-corrected chi connectivity index (χ0v) is 15.7. The quantitative estimate of drug-likeness (QED) is 0.764. The summed E-state index contributed by atoms with van der Waals surface area (Å²) in [7, 11) is 0. The lowest BCUT2D eigenvalue weighted by Gasteiger charge is -2.22. The van der Waals surface area contributed by atoms with E-state index < -0.39 is 0 Å². The fourth-order valence-electron chi connectivity index (χ4n) is 2.78. The zero-order valence-electron chi connectivity index (χ0n) is 13.3. The van der Waals surface area contributed by atoms with Crippen LogP contribution in [0.2, 0.25) is 4.34 Å². The summed E-state index contributed by atoms with van der Waals surface area (Å²) in [5, 5.41) is 5.91. The maximum Gasteiger partial charge on any atom is 0.237 e. The number of nitrogens with one attached hydrogen (secondary N) is 2. The molecule has 1 fully saturated rings. The summed E-state index contributed by atoms with van der Waals surface area (Å²) in [6.45, 7) is 3.87. The highest BCUT2D eigenvalue weighted by atomic mass is 35.5. The van der Waals surface area contributed by atoms with E-state index in [2.05, 4.69) is 15.5 Å². The minimum Gasteiger partial charge on any atom is -0.355 e. The Kier molecular flexibility index (Phi) is 7.20. The van der Waals surface area contributed by atoms with Crippen LogP contribution in [-0.4, -0.2) is 53.9 Å². The van der Waals surface area contributed by atoms with Crippen LogP contribution in [0, 0.1) is 0 Å². The molecule has 2 rings (SSSR count). The normalized spacial score (nSPS) is 21.3. The van der Waals surface area contributed by atoms with E-state index >= 15 is 0 Å². The lowest BCUT2D eigenvalue weighted by Crippen LogP contribution is -2.42. The molecule has 1 saturated heterocycles. The Balaban J connectivity index is 2.02. The Morgan fingerprint density at radius 2 is 2.26 bits per heavy atom. The molecule has 2 amide bonds. The van der Waals surface area contributed by atoms with Gasteiger partial charge >= 0.3 is 0 Å². The average Bonchev–Trinajstić information content (AvgIpc) is 3.06. The van der Waals surface area contributed by atoms with Gasteiger partial charge in [0.2, 0.25) is 11.8 Å². The second-order valence-electron chi connectivity index (χ2n) is 5.48. The van der Waals surface area contributed by atoms with Gasteiger partial charge in [0.25, 0.3) is 0 Å². The molecule has 1 aromatic rings. The SMILES string of the molecule is CCNC(=O)[C@@H]1C[C@H](NC(=O)CSC)CN1Cc1ccc(Cl)s1. The minimum absolute atomic E-state index is 0.0118. The van der Waals surface area contributed by atoms with Crippen molar-refractivity contribution in [3.8, 4) is 0 Å². The number of likely N-dealkylation sites (N-methyl/N-ethyl adjacent to an activating group) is 1. The molecule has 2 N–H and O–H groups in total. The molecule has 1 aromatic heterocycles. The molecule has 1 aliphatic rings. The van der Waals surface area contributed by atoms with Crippen LogP contribution in [0.15, 0.2) is 12.1 Å². The number of thiophene rings is 1. The number of carbonyl (C=O) groups excluding carboxylic acids is 2. The number of rotatable bonds is 7. The molecule has 0 spiro atoms. The Hall–Kier alpha value is -0.760. The van der Waals surface area contributed by atoms with E-state index in [1.807, 2.05) is 25.3 Å². The van der Waals surface area contributed by atoms with Crippen molar-refractivity contribution in [2.75, 3.05) is 25.1 Å². The van der Waals surface area contributed by atoms with Crippen LogP contribution in [-0.2, 0) is 16.1 Å². The molecular weight excluding hydrogens is 354 g/mol. The number of amides is 2. The smallest absolute Gasteiger partial charge is 0.237 e. The Bertz CT molecular complexity index is 553. The predicted molar refractivity (Wildman–Crippen MR) is 97.1 cm³/mol. The van der Waals surface area contributed by atoms with Gasteiger partial charge in [0.05, 0.1) is 16.1 Å². The third kappa shape index (κ3) is 5.38. The average molecular weight is 376 g/mol. The molecule has 0 aromatic carbocycles. The van der Waals surface area contributed by atoms with Gasteiger partial charge in [-0.1, -0.05) is 11.6 Å². The van der Waals surface area contributed by atoms with Crippen molar-refractivity contribution in [2.45, 2.75) is 32.0 Å². The van der Waals surface area contributed by atoms with Crippen LogP contribution in [0.5, 0.6) is 0 Å². The van der Waals surface area contributed by atoms with Crippen molar-refractivity contribution in [2.24, 2.45) is 0 Å². The van der Waals surface area contributed by atoms with Crippen LogP contribution in [0.25, 0.3) is 0 Å². The summed E-state index contributed by atoms with van der Waals surface area (Å²) in [4.78, 5) is 27.4. The van der Waals surface area contributed by atoms with Crippen molar-refractivity contribution < 1.29 is 9.59 Å². The molecule has 0 saturated carbocycles. The first kappa shape index (κ1) is 18.6. The molecule has 8 heteroatoms. The minimum atomic E-state index is -0.213. The third-order valence-corrected chi connectivity index (χ3v) is 5.45. The number of thioether (sulfide) groups is 1. The fourth-order valence-corrected chi connectivity index (χ4v) is 4.24. The van der Waals surface area contributed by atoms with E-state index in [1.165, 1.54) is 23.1 Å². The van der Waals surface area contributed by atoms with Gasteiger partial charge in [0.15, 0.2) is 0 Å². The Labute approximate surface area is 150 Å². The first-order chi connectivity index (χ1) is 11.0. The number of hydrogen-bond donors (Lipinski definition) is 2. The second-order valence-corrected chi connectivity index (χ2v) is 8.14. The van der Waals surface area contributed by atoms with E-state index in [-0.39, 0.29) is 23.9 Å². The molecule has 1 aliphatic heterocycles. The monoisotopic (exact) mass is 375 g/mol. The van der Waals surface area contributed by atoms with Gasteiger partial charge in [0, 0.05) is 30.6 Å². The topological polar surface area (TPSA) is 61.4 Å². The molecule has 0 bridgehead atoms. The lowest BCUT2D eigenvalue weighted by atomic mass is 10.1. The van der Waals surface area contributed by atoms with Gasteiger partial charge in [-0.15, -0.1) is 11.3 Å². The molecular formula is C15H22ClN3O2S2. The van der Waals surface area contributed by atoms with Crippen molar-refractivity contribution in [3.63, 3.8) is 0 Å². The molecule has 128 valence electrons. The van der Waals surface area contributed by atoms with Crippen molar-refractivity contribution in [1.29, 1.82) is 0 Å². The number of carbonyl (C=O) groups is 2. The van der Waals surface area contributed by atoms with Crippen LogP contribution in [0.3, 0.4) is 0 Å². The summed E-state index contributed by atoms with van der Waals surface area (Å²) < 4.78 is 0.749. The molecule has 0 unspecified atom stereocenters. The third-order valence-electron chi connectivity index (χ3n) is 3.69. The van der Waals surface area contributed by atoms with E-state index in [0.29, 0.717) is 31.8 Å². The van der Waals surface area contributed by atoms with E-state index in [0.717, 1.165) is 9.21 Å². The van der Waals surface area contributed by atoms with Gasteiger partial charge in [-0.05, 0) is 31.7 Å². The van der Waals surface area contributed by atoms with Crippen molar-refractivity contribution in [1.82, 2.24) is 15.5 Å². The molecule has 2 heterocycles. The Morgan fingerprint density at radius 1 is 1.48 bits per heavy atom. The van der Waals surface area contributed by atoms with Crippen LogP contribution in [0.1, 0.15) is 18.2 Å². The summed E-state index contributed by atoms with van der Waals surface area (Å²) in [5.41, 5.74) is 0. The molecule has 0 aliphatic carbocycles. The van der Waals surface area contributed by atoms with Crippen molar-refractivity contribution in [3.05, 3.63) is 21.3 Å². The largest absolute Gasteiger partial charge is 0.355 e. The summed E-state index contributed by atoms with van der Waals surface area (Å²) in [5.74, 6) is 0.498. The summed E-state index contributed by atoms with van der Waals surface area (Å²) in [6.07, 6.45) is 2.55. The highest BCUT2D eigenvalue weighted by Gasteiger charge is 2.37. The van der Waals surface area contributed by atoms with Gasteiger partial charge in [-0.25, -0.2) is 0 Å². The van der Waals surface area contributed by atoms with Gasteiger partial charge in [0.1, 0.15) is 0 Å². The van der Waals surface area contributed by atoms with Gasteiger partial charge in [-0.3, -0.25) is 14.5 Å². The fraction of sp³-hybridized carbons (Fsp3) is 0.600. The van der Waals surface area contributed by atoms with E-state index in [4.69, 9.17) is 11.6 Å². The molecule has 2 atom stereocenters. The zero-order chi connectivity index (χ0) is 16.8. The van der Waals surface area contributed by atoms with Crippen LogP contribution < -0.4 is 10.6 Å². The summed E-state index contributed by atoms with van der Waals surface area (Å²) in [6, 6.07) is 3.66. The van der Waals surface area contributed by atoms with E-state index in [1.54, 1.807) is 0 Å². The first-order valence-electron chi connectivity index (χ1n) is 7.57. The maximum absolute atomic E-state index is 12.3. The number of hydrogen-bond acceptors (Lipinski definition) is 5. The number of likely N-dealkylation sites (tertiary alicyclic amines) is 1. The number of nitrogens with zero attached hydrogens (tertiary/aromatic N) is 1. The van der Waals surface area contributed by atoms with E-state index in [9.17, 15) is 9.59 Å². The molecule has 5 nitrogen and oxygen atoms in total. The predicted octanol–water partition coefficient (Wildman–Crippen LogP) is 1.96. The first-order valence-corrected chi connectivity index (χ1v) is 10.2. The maximum atomic E-state index is 12.3. The summed E-state index contributed by atoms with van der Waals surface area (Å²) >= 11 is 9.01. The van der Waals surface area contributed by atoms with Gasteiger partial charge < -0.3 is 10.6 Å². The molecule has 0 radical (unpaired) electrons. The van der Waals surface area contributed by atoms with Crippen LogP contribution >= 0.6 is 34.7 Å². The second kappa shape index (κ2) is 8.92. The van der Waals surface area contributed by atoms with Crippen molar-refractivity contribution >= 4 is 46.5 Å². The highest BCUT2D eigenvalue weighted by Crippen LogP contribution is 2.26.